The highest BCUT2D eigenvalue weighted by Crippen LogP contribution is 2.19. The maximum atomic E-state index is 12.2. The number of halogens is 1. The van der Waals surface area contributed by atoms with Crippen LogP contribution in [-0.2, 0) is 0 Å². The average Bonchev–Trinajstić information content (AvgIpc) is 2.85. The van der Waals surface area contributed by atoms with E-state index in [1.807, 2.05) is 24.3 Å². The Kier molecular flexibility index (Phi) is 5.13. The normalized spacial score (nSPS) is 20.1. The molecule has 1 aliphatic rings. The first-order valence-corrected chi connectivity index (χ1v) is 7.53. The van der Waals surface area contributed by atoms with E-state index in [1.165, 1.54) is 6.42 Å². The van der Waals surface area contributed by atoms with E-state index >= 15 is 0 Å². The van der Waals surface area contributed by atoms with Gasteiger partial charge in [-0.05, 0) is 33.1 Å². The number of nitrogens with zero attached hydrogens (tertiary/aromatic N) is 2. The number of ketones is 1. The predicted molar refractivity (Wildman–Crippen MR) is 81.6 cm³/mol. The molecular weight excluding hydrogens is 304 g/mol. The highest BCUT2D eigenvalue weighted by atomic mass is 79.9. The molecule has 2 rings (SSSR count). The largest absolute Gasteiger partial charge is 0.305 e. The molecule has 1 aliphatic heterocycles. The number of hydrogen-bond acceptors (Lipinski definition) is 3. The van der Waals surface area contributed by atoms with Gasteiger partial charge in [0.15, 0.2) is 5.78 Å². The molecule has 1 saturated heterocycles. The molecule has 4 heteroatoms. The van der Waals surface area contributed by atoms with Gasteiger partial charge in [0, 0.05) is 35.6 Å². The fourth-order valence-electron chi connectivity index (χ4n) is 2.52. The SMILES string of the molecule is CN(C)C1CCN(CCC(=O)c2ccccc2Br)C1. The fraction of sp³-hybridized carbons (Fsp3) is 0.533. The van der Waals surface area contributed by atoms with Crippen LogP contribution in [0.15, 0.2) is 28.7 Å². The van der Waals surface area contributed by atoms with Gasteiger partial charge in [0.2, 0.25) is 0 Å². The van der Waals surface area contributed by atoms with Crippen molar-refractivity contribution >= 4 is 21.7 Å². The van der Waals surface area contributed by atoms with E-state index in [4.69, 9.17) is 0 Å². The minimum atomic E-state index is 0.223. The minimum absolute atomic E-state index is 0.223. The van der Waals surface area contributed by atoms with Gasteiger partial charge in [-0.3, -0.25) is 4.79 Å². The molecule has 0 bridgehead atoms. The highest BCUT2D eigenvalue weighted by Gasteiger charge is 2.24. The molecule has 1 aromatic rings. The Morgan fingerprint density at radius 3 is 2.79 bits per heavy atom. The lowest BCUT2D eigenvalue weighted by Crippen LogP contribution is -2.32. The van der Waals surface area contributed by atoms with Gasteiger partial charge in [-0.1, -0.05) is 34.1 Å². The molecule has 0 spiro atoms. The van der Waals surface area contributed by atoms with Gasteiger partial charge in [-0.2, -0.15) is 0 Å². The van der Waals surface area contributed by atoms with Crippen molar-refractivity contribution in [3.8, 4) is 0 Å². The van der Waals surface area contributed by atoms with E-state index in [-0.39, 0.29) is 5.78 Å². The molecule has 1 unspecified atom stereocenters. The molecule has 104 valence electrons. The average molecular weight is 325 g/mol. The van der Waals surface area contributed by atoms with E-state index in [2.05, 4.69) is 39.8 Å². The van der Waals surface area contributed by atoms with E-state index in [1.54, 1.807) is 0 Å². The van der Waals surface area contributed by atoms with E-state index in [0.717, 1.165) is 29.7 Å². The van der Waals surface area contributed by atoms with Gasteiger partial charge < -0.3 is 9.80 Å². The second-order valence-electron chi connectivity index (χ2n) is 5.36. The molecule has 0 saturated carbocycles. The topological polar surface area (TPSA) is 23.6 Å². The maximum Gasteiger partial charge on any atom is 0.165 e. The molecule has 3 nitrogen and oxygen atoms in total. The third kappa shape index (κ3) is 3.88. The van der Waals surface area contributed by atoms with Gasteiger partial charge in [-0.15, -0.1) is 0 Å². The second-order valence-corrected chi connectivity index (χ2v) is 6.21. The Morgan fingerprint density at radius 1 is 1.42 bits per heavy atom. The molecule has 1 heterocycles. The van der Waals surface area contributed by atoms with Crippen molar-refractivity contribution in [2.45, 2.75) is 18.9 Å². The van der Waals surface area contributed by atoms with Crippen molar-refractivity contribution in [2.75, 3.05) is 33.7 Å². The van der Waals surface area contributed by atoms with Crippen LogP contribution in [0.5, 0.6) is 0 Å². The maximum absolute atomic E-state index is 12.2. The first kappa shape index (κ1) is 14.7. The van der Waals surface area contributed by atoms with Crippen molar-refractivity contribution in [1.82, 2.24) is 9.80 Å². The highest BCUT2D eigenvalue weighted by molar-refractivity contribution is 9.10. The summed E-state index contributed by atoms with van der Waals surface area (Å²) in [6, 6.07) is 8.29. The molecule has 0 aliphatic carbocycles. The molecule has 19 heavy (non-hydrogen) atoms. The molecule has 0 aromatic heterocycles. The lowest BCUT2D eigenvalue weighted by molar-refractivity contribution is 0.0967. The molecule has 0 amide bonds. The number of Topliss-reactive ketones (excluding diaryl/α,β-unsaturated/α-hetero) is 1. The summed E-state index contributed by atoms with van der Waals surface area (Å²) in [7, 11) is 4.25. The summed E-state index contributed by atoms with van der Waals surface area (Å²) in [5, 5.41) is 0. The summed E-state index contributed by atoms with van der Waals surface area (Å²) in [5.41, 5.74) is 0.797. The Hall–Kier alpha value is -0.710. The number of benzene rings is 1. The standard InChI is InChI=1S/C15H21BrN2O/c1-17(2)12-7-9-18(11-12)10-8-15(19)13-5-3-4-6-14(13)16/h3-6,12H,7-11H2,1-2H3. The first-order chi connectivity index (χ1) is 9.08. The van der Waals surface area contributed by atoms with Gasteiger partial charge in [0.05, 0.1) is 0 Å². The van der Waals surface area contributed by atoms with E-state index < -0.39 is 0 Å². The molecule has 1 atom stereocenters. The summed E-state index contributed by atoms with van der Waals surface area (Å²) >= 11 is 3.44. The molecular formula is C15H21BrN2O. The van der Waals surface area contributed by atoms with Crippen LogP contribution in [0, 0.1) is 0 Å². The number of likely N-dealkylation sites (tertiary alicyclic amines) is 1. The second kappa shape index (κ2) is 6.64. The van der Waals surface area contributed by atoms with Crippen molar-refractivity contribution in [1.29, 1.82) is 0 Å². The van der Waals surface area contributed by atoms with Crippen molar-refractivity contribution in [3.05, 3.63) is 34.3 Å². The third-order valence-electron chi connectivity index (χ3n) is 3.81. The van der Waals surface area contributed by atoms with Gasteiger partial charge in [0.25, 0.3) is 0 Å². The van der Waals surface area contributed by atoms with Crippen LogP contribution in [-0.4, -0.2) is 55.4 Å². The molecule has 0 radical (unpaired) electrons. The van der Waals surface area contributed by atoms with Crippen LogP contribution in [0.2, 0.25) is 0 Å². The number of carbonyl (C=O) groups is 1. The van der Waals surface area contributed by atoms with E-state index in [0.29, 0.717) is 12.5 Å². The monoisotopic (exact) mass is 324 g/mol. The Morgan fingerprint density at radius 2 is 2.16 bits per heavy atom. The van der Waals surface area contributed by atoms with Gasteiger partial charge in [-0.25, -0.2) is 0 Å². The van der Waals surface area contributed by atoms with E-state index in [9.17, 15) is 4.79 Å². The molecule has 0 N–H and O–H groups in total. The lowest BCUT2D eigenvalue weighted by atomic mass is 10.1. The van der Waals surface area contributed by atoms with Crippen molar-refractivity contribution in [2.24, 2.45) is 0 Å². The molecule has 1 aromatic carbocycles. The van der Waals surface area contributed by atoms with Crippen LogP contribution in [0.25, 0.3) is 0 Å². The Bertz CT molecular complexity index is 448. The van der Waals surface area contributed by atoms with Gasteiger partial charge >= 0.3 is 0 Å². The molecule has 1 fully saturated rings. The number of carbonyl (C=O) groups excluding carboxylic acids is 1. The fourth-order valence-corrected chi connectivity index (χ4v) is 3.02. The zero-order chi connectivity index (χ0) is 13.8. The Labute approximate surface area is 123 Å². The predicted octanol–water partition coefficient (Wildman–Crippen LogP) is 2.66. The number of hydrogen-bond donors (Lipinski definition) is 0. The van der Waals surface area contributed by atoms with Crippen LogP contribution in [0.1, 0.15) is 23.2 Å². The Balaban J connectivity index is 1.84. The summed E-state index contributed by atoms with van der Waals surface area (Å²) in [4.78, 5) is 16.8. The lowest BCUT2D eigenvalue weighted by Gasteiger charge is -2.20. The number of rotatable bonds is 5. The third-order valence-corrected chi connectivity index (χ3v) is 4.50. The summed E-state index contributed by atoms with van der Waals surface area (Å²) < 4.78 is 0.896. The minimum Gasteiger partial charge on any atom is -0.305 e. The quantitative estimate of drug-likeness (QED) is 0.778. The van der Waals surface area contributed by atoms with Crippen molar-refractivity contribution in [3.63, 3.8) is 0 Å². The zero-order valence-corrected chi connectivity index (χ0v) is 13.2. The smallest absolute Gasteiger partial charge is 0.165 e. The van der Waals surface area contributed by atoms with Crippen LogP contribution < -0.4 is 0 Å². The van der Waals surface area contributed by atoms with Crippen LogP contribution >= 0.6 is 15.9 Å². The van der Waals surface area contributed by atoms with Crippen molar-refractivity contribution < 1.29 is 4.79 Å². The zero-order valence-electron chi connectivity index (χ0n) is 11.6. The number of likely N-dealkylation sites (N-methyl/N-ethyl adjacent to an activating group) is 1. The first-order valence-electron chi connectivity index (χ1n) is 6.74. The summed E-state index contributed by atoms with van der Waals surface area (Å²) in [5.74, 6) is 0.223. The van der Waals surface area contributed by atoms with Crippen LogP contribution in [0.4, 0.5) is 0 Å². The summed E-state index contributed by atoms with van der Waals surface area (Å²) in [6.45, 7) is 3.05. The van der Waals surface area contributed by atoms with Crippen LogP contribution in [0.3, 0.4) is 0 Å². The van der Waals surface area contributed by atoms with Gasteiger partial charge in [0.1, 0.15) is 0 Å². The summed E-state index contributed by atoms with van der Waals surface area (Å²) in [6.07, 6.45) is 1.80.